The van der Waals surface area contributed by atoms with E-state index in [0.29, 0.717) is 24.2 Å². The molecule has 1 saturated carbocycles. The molecule has 21 heavy (non-hydrogen) atoms. The molecule has 7 heteroatoms. The van der Waals surface area contributed by atoms with E-state index in [2.05, 4.69) is 20.8 Å². The van der Waals surface area contributed by atoms with Gasteiger partial charge in [0.05, 0.1) is 17.3 Å². The summed E-state index contributed by atoms with van der Waals surface area (Å²) < 4.78 is 0. The number of carboxylic acid groups (broad SMARTS) is 1. The number of aromatic amines is 1. The lowest BCUT2D eigenvalue weighted by Crippen LogP contribution is -2.20. The van der Waals surface area contributed by atoms with E-state index in [0.717, 1.165) is 5.56 Å². The second-order valence-corrected chi connectivity index (χ2v) is 5.03. The van der Waals surface area contributed by atoms with E-state index in [9.17, 15) is 14.7 Å². The number of nitrogens with zero attached hydrogens (tertiary/aromatic N) is 1. The summed E-state index contributed by atoms with van der Waals surface area (Å²) in [4.78, 5) is 23.0. The Bertz CT molecular complexity index is 660. The van der Waals surface area contributed by atoms with Crippen LogP contribution in [0.2, 0.25) is 0 Å². The number of aromatic nitrogens is 2. The highest BCUT2D eigenvalue weighted by Gasteiger charge is 2.51. The van der Waals surface area contributed by atoms with E-state index in [1.165, 1.54) is 6.20 Å². The molecule has 108 valence electrons. The monoisotopic (exact) mass is 286 g/mol. The Morgan fingerprint density at radius 3 is 2.33 bits per heavy atom. The van der Waals surface area contributed by atoms with Gasteiger partial charge in [-0.3, -0.25) is 9.89 Å². The van der Waals surface area contributed by atoms with Gasteiger partial charge in [0.25, 0.3) is 0 Å². The number of nitrogens with one attached hydrogen (secondary N) is 3. The molecule has 3 rings (SSSR count). The molecule has 1 aromatic carbocycles. The van der Waals surface area contributed by atoms with Gasteiger partial charge in [0.1, 0.15) is 0 Å². The average Bonchev–Trinajstić information content (AvgIpc) is 3.12. The summed E-state index contributed by atoms with van der Waals surface area (Å²) in [5, 5.41) is 20.8. The molecule has 2 aromatic rings. The number of carbonyl (C=O) groups excluding carboxylic acids is 1. The minimum absolute atomic E-state index is 0.386. The average molecular weight is 286 g/mol. The van der Waals surface area contributed by atoms with Crippen LogP contribution >= 0.6 is 0 Å². The highest BCUT2D eigenvalue weighted by atomic mass is 16.4. The van der Waals surface area contributed by atoms with Crippen LogP contribution in [0.25, 0.3) is 0 Å². The minimum atomic E-state index is -0.791. The Hall–Kier alpha value is -2.83. The number of hydrogen-bond acceptors (Lipinski definition) is 3. The SMILES string of the molecule is O=C(Nc1ccc(C2(C(=O)O)CC2)cc1)Nc1cn[nH]c1. The summed E-state index contributed by atoms with van der Waals surface area (Å²) in [6.07, 6.45) is 4.38. The third-order valence-electron chi connectivity index (χ3n) is 3.61. The Morgan fingerprint density at radius 2 is 1.81 bits per heavy atom. The summed E-state index contributed by atoms with van der Waals surface area (Å²) in [5.41, 5.74) is 1.21. The number of hydrogen-bond donors (Lipinski definition) is 4. The van der Waals surface area contributed by atoms with Gasteiger partial charge in [0.15, 0.2) is 0 Å². The van der Waals surface area contributed by atoms with E-state index in [-0.39, 0.29) is 6.03 Å². The molecule has 1 aromatic heterocycles. The van der Waals surface area contributed by atoms with Crippen molar-refractivity contribution in [2.45, 2.75) is 18.3 Å². The first-order chi connectivity index (χ1) is 10.1. The van der Waals surface area contributed by atoms with E-state index < -0.39 is 11.4 Å². The fourth-order valence-corrected chi connectivity index (χ4v) is 2.24. The summed E-state index contributed by atoms with van der Waals surface area (Å²) in [6, 6.07) is 6.51. The molecule has 0 aliphatic heterocycles. The fraction of sp³-hybridized carbons (Fsp3) is 0.214. The predicted molar refractivity (Wildman–Crippen MR) is 76.2 cm³/mol. The normalized spacial score (nSPS) is 15.2. The van der Waals surface area contributed by atoms with Crippen molar-refractivity contribution >= 4 is 23.4 Å². The minimum Gasteiger partial charge on any atom is -0.481 e. The van der Waals surface area contributed by atoms with Crippen LogP contribution in [-0.4, -0.2) is 27.3 Å². The lowest BCUT2D eigenvalue weighted by Gasteiger charge is -2.11. The van der Waals surface area contributed by atoms with Crippen molar-refractivity contribution in [2.75, 3.05) is 10.6 Å². The van der Waals surface area contributed by atoms with Gasteiger partial charge in [-0.1, -0.05) is 12.1 Å². The molecule has 0 spiro atoms. The summed E-state index contributed by atoms with van der Waals surface area (Å²) >= 11 is 0. The van der Waals surface area contributed by atoms with E-state index in [1.54, 1.807) is 30.5 Å². The molecule has 1 heterocycles. The molecule has 2 amide bonds. The number of amides is 2. The first-order valence-corrected chi connectivity index (χ1v) is 6.51. The number of aliphatic carboxylic acids is 1. The molecule has 0 atom stereocenters. The maximum absolute atomic E-state index is 11.7. The predicted octanol–water partition coefficient (Wildman–Crippen LogP) is 2.17. The van der Waals surface area contributed by atoms with E-state index in [4.69, 9.17) is 0 Å². The van der Waals surface area contributed by atoms with E-state index in [1.807, 2.05) is 0 Å². The lowest BCUT2D eigenvalue weighted by atomic mass is 9.96. The zero-order valence-electron chi connectivity index (χ0n) is 11.1. The quantitative estimate of drug-likeness (QED) is 0.690. The molecule has 0 radical (unpaired) electrons. The number of anilines is 2. The standard InChI is InChI=1S/C14H14N4O3/c19-12(20)14(5-6-14)9-1-3-10(4-2-9)17-13(21)18-11-7-15-16-8-11/h1-4,7-8H,5-6H2,(H,15,16)(H,19,20)(H2,17,18,21). The van der Waals surface area contributed by atoms with Crippen LogP contribution in [-0.2, 0) is 10.2 Å². The molecule has 4 N–H and O–H groups in total. The first-order valence-electron chi connectivity index (χ1n) is 6.51. The van der Waals surface area contributed by atoms with Crippen molar-refractivity contribution in [3.8, 4) is 0 Å². The van der Waals surface area contributed by atoms with Gasteiger partial charge in [0, 0.05) is 11.9 Å². The van der Waals surface area contributed by atoms with Gasteiger partial charge in [-0.25, -0.2) is 4.79 Å². The number of urea groups is 1. The highest BCUT2D eigenvalue weighted by Crippen LogP contribution is 2.48. The van der Waals surface area contributed by atoms with Crippen molar-refractivity contribution in [1.82, 2.24) is 10.2 Å². The van der Waals surface area contributed by atoms with Crippen molar-refractivity contribution in [3.05, 3.63) is 42.2 Å². The van der Waals surface area contributed by atoms with Crippen LogP contribution < -0.4 is 10.6 Å². The van der Waals surface area contributed by atoms with Gasteiger partial charge in [-0.2, -0.15) is 5.10 Å². The zero-order valence-corrected chi connectivity index (χ0v) is 11.1. The maximum Gasteiger partial charge on any atom is 0.323 e. The van der Waals surface area contributed by atoms with Crippen LogP contribution in [0.3, 0.4) is 0 Å². The summed E-state index contributed by atoms with van der Waals surface area (Å²) in [6.45, 7) is 0. The second kappa shape index (κ2) is 4.93. The van der Waals surface area contributed by atoms with Crippen LogP contribution in [0.1, 0.15) is 18.4 Å². The van der Waals surface area contributed by atoms with Crippen molar-refractivity contribution in [2.24, 2.45) is 0 Å². The third kappa shape index (κ3) is 2.58. The van der Waals surface area contributed by atoms with Crippen LogP contribution in [0.5, 0.6) is 0 Å². The van der Waals surface area contributed by atoms with Crippen LogP contribution in [0, 0.1) is 0 Å². The van der Waals surface area contributed by atoms with Crippen molar-refractivity contribution in [1.29, 1.82) is 0 Å². The number of H-pyrrole nitrogens is 1. The van der Waals surface area contributed by atoms with Gasteiger partial charge in [-0.05, 0) is 30.5 Å². The molecular formula is C14H14N4O3. The van der Waals surface area contributed by atoms with Crippen molar-refractivity contribution < 1.29 is 14.7 Å². The first kappa shape index (κ1) is 13.2. The molecule has 7 nitrogen and oxygen atoms in total. The van der Waals surface area contributed by atoms with Gasteiger partial charge in [0.2, 0.25) is 0 Å². The fourth-order valence-electron chi connectivity index (χ4n) is 2.24. The van der Waals surface area contributed by atoms with Crippen LogP contribution in [0.4, 0.5) is 16.2 Å². The molecule has 1 aliphatic rings. The Labute approximate surface area is 120 Å². The molecule has 1 aliphatic carbocycles. The maximum atomic E-state index is 11.7. The molecule has 0 unspecified atom stereocenters. The topological polar surface area (TPSA) is 107 Å². The lowest BCUT2D eigenvalue weighted by molar-refractivity contribution is -0.140. The molecule has 0 saturated heterocycles. The molecule has 0 bridgehead atoms. The van der Waals surface area contributed by atoms with Gasteiger partial charge >= 0.3 is 12.0 Å². The molecule has 1 fully saturated rings. The largest absolute Gasteiger partial charge is 0.481 e. The van der Waals surface area contributed by atoms with Crippen LogP contribution in [0.15, 0.2) is 36.7 Å². The number of carboxylic acids is 1. The molecular weight excluding hydrogens is 272 g/mol. The number of carbonyl (C=O) groups is 2. The van der Waals surface area contributed by atoms with Gasteiger partial charge < -0.3 is 15.7 Å². The summed E-state index contributed by atoms with van der Waals surface area (Å²) in [7, 11) is 0. The second-order valence-electron chi connectivity index (χ2n) is 5.03. The summed E-state index contributed by atoms with van der Waals surface area (Å²) in [5.74, 6) is -0.791. The number of benzene rings is 1. The van der Waals surface area contributed by atoms with Crippen molar-refractivity contribution in [3.63, 3.8) is 0 Å². The third-order valence-corrected chi connectivity index (χ3v) is 3.61. The Kier molecular flexibility index (Phi) is 3.09. The smallest absolute Gasteiger partial charge is 0.323 e. The zero-order chi connectivity index (χ0) is 14.9. The highest BCUT2D eigenvalue weighted by molar-refractivity contribution is 5.99. The number of rotatable bonds is 4. The Balaban J connectivity index is 1.65. The van der Waals surface area contributed by atoms with E-state index >= 15 is 0 Å². The van der Waals surface area contributed by atoms with Gasteiger partial charge in [-0.15, -0.1) is 0 Å². The Morgan fingerprint density at radius 1 is 1.14 bits per heavy atom.